The van der Waals surface area contributed by atoms with Gasteiger partial charge in [0.1, 0.15) is 0 Å². The van der Waals surface area contributed by atoms with Crippen molar-refractivity contribution in [3.05, 3.63) is 59.7 Å². The molecule has 0 fully saturated rings. The van der Waals surface area contributed by atoms with Crippen molar-refractivity contribution < 1.29 is 9.59 Å². The number of aryl methyl sites for hydroxylation is 1. The topological polar surface area (TPSA) is 84.2 Å². The minimum Gasteiger partial charge on any atom is -0.369 e. The first kappa shape index (κ1) is 14.6. The lowest BCUT2D eigenvalue weighted by atomic mass is 10.1. The molecule has 0 heterocycles. The third kappa shape index (κ3) is 4.35. The molecule has 0 aliphatic rings. The molecule has 21 heavy (non-hydrogen) atoms. The van der Waals surface area contributed by atoms with E-state index in [4.69, 9.17) is 5.73 Å². The van der Waals surface area contributed by atoms with Gasteiger partial charge < -0.3 is 16.4 Å². The number of rotatable bonds is 4. The maximum Gasteiger partial charge on any atom is 0.323 e. The lowest BCUT2D eigenvalue weighted by Crippen LogP contribution is -2.20. The number of benzene rings is 2. The van der Waals surface area contributed by atoms with E-state index >= 15 is 0 Å². The van der Waals surface area contributed by atoms with Crippen LogP contribution in [0.5, 0.6) is 0 Å². The Hall–Kier alpha value is -2.82. The highest BCUT2D eigenvalue weighted by atomic mass is 16.2. The van der Waals surface area contributed by atoms with Crippen LogP contribution in [0, 0.1) is 6.92 Å². The molecule has 2 aromatic carbocycles. The van der Waals surface area contributed by atoms with E-state index in [-0.39, 0.29) is 18.4 Å². The number of primary amides is 1. The van der Waals surface area contributed by atoms with Gasteiger partial charge in [-0.3, -0.25) is 4.79 Å². The van der Waals surface area contributed by atoms with Gasteiger partial charge in [0, 0.05) is 11.4 Å². The maximum atomic E-state index is 11.9. The Morgan fingerprint density at radius 3 is 2.29 bits per heavy atom. The summed E-state index contributed by atoms with van der Waals surface area (Å²) in [5.74, 6) is -0.381. The van der Waals surface area contributed by atoms with Crippen LogP contribution in [0.4, 0.5) is 16.2 Å². The summed E-state index contributed by atoms with van der Waals surface area (Å²) < 4.78 is 0. The normalized spacial score (nSPS) is 9.95. The van der Waals surface area contributed by atoms with E-state index in [0.29, 0.717) is 5.69 Å². The number of nitrogens with two attached hydrogens (primary N) is 1. The van der Waals surface area contributed by atoms with Crippen molar-refractivity contribution in [2.45, 2.75) is 13.3 Å². The summed E-state index contributed by atoms with van der Waals surface area (Å²) in [7, 11) is 0. The van der Waals surface area contributed by atoms with Crippen molar-refractivity contribution >= 4 is 23.3 Å². The average Bonchev–Trinajstić information content (AvgIpc) is 2.43. The predicted molar refractivity (Wildman–Crippen MR) is 83.2 cm³/mol. The molecule has 0 saturated heterocycles. The molecule has 0 atom stereocenters. The lowest BCUT2D eigenvalue weighted by Gasteiger charge is -2.10. The van der Waals surface area contributed by atoms with Crippen molar-refractivity contribution in [1.29, 1.82) is 0 Å². The molecule has 5 nitrogen and oxygen atoms in total. The number of nitrogens with one attached hydrogen (secondary N) is 2. The third-order valence-corrected chi connectivity index (χ3v) is 2.98. The van der Waals surface area contributed by atoms with Crippen LogP contribution in [0.15, 0.2) is 48.5 Å². The molecular formula is C16H17N3O2. The Morgan fingerprint density at radius 2 is 1.67 bits per heavy atom. The molecule has 2 rings (SSSR count). The van der Waals surface area contributed by atoms with Crippen LogP contribution in [-0.4, -0.2) is 11.9 Å². The Morgan fingerprint density at radius 1 is 1.00 bits per heavy atom. The molecule has 0 saturated carbocycles. The number of para-hydroxylation sites is 1. The van der Waals surface area contributed by atoms with Gasteiger partial charge >= 0.3 is 6.03 Å². The fourth-order valence-electron chi connectivity index (χ4n) is 1.90. The summed E-state index contributed by atoms with van der Waals surface area (Å²) >= 11 is 0. The number of amides is 3. The van der Waals surface area contributed by atoms with E-state index < -0.39 is 0 Å². The first-order valence-electron chi connectivity index (χ1n) is 6.55. The van der Waals surface area contributed by atoms with Crippen molar-refractivity contribution in [3.8, 4) is 0 Å². The molecule has 4 N–H and O–H groups in total. The second-order valence-corrected chi connectivity index (χ2v) is 4.73. The van der Waals surface area contributed by atoms with Crippen molar-refractivity contribution in [1.82, 2.24) is 0 Å². The second-order valence-electron chi connectivity index (χ2n) is 4.73. The Kier molecular flexibility index (Phi) is 4.56. The largest absolute Gasteiger partial charge is 0.369 e. The second kappa shape index (κ2) is 6.56. The number of hydrogen-bond acceptors (Lipinski definition) is 2. The van der Waals surface area contributed by atoms with Crippen LogP contribution < -0.4 is 16.4 Å². The van der Waals surface area contributed by atoms with Gasteiger partial charge in [0.25, 0.3) is 0 Å². The fraction of sp³-hybridized carbons (Fsp3) is 0.125. The zero-order valence-corrected chi connectivity index (χ0v) is 11.7. The molecule has 3 amide bonds. The van der Waals surface area contributed by atoms with E-state index in [1.165, 1.54) is 0 Å². The highest BCUT2D eigenvalue weighted by molar-refractivity contribution is 6.00. The lowest BCUT2D eigenvalue weighted by molar-refractivity contribution is -0.117. The van der Waals surface area contributed by atoms with Gasteiger partial charge in [-0.1, -0.05) is 30.3 Å². The van der Waals surface area contributed by atoms with Gasteiger partial charge in [0.05, 0.1) is 6.42 Å². The smallest absolute Gasteiger partial charge is 0.323 e. The minimum atomic E-state index is -0.381. The summed E-state index contributed by atoms with van der Waals surface area (Å²) in [4.78, 5) is 22.7. The summed E-state index contributed by atoms with van der Waals surface area (Å²) in [5, 5.41) is 5.51. The number of anilines is 2. The summed E-state index contributed by atoms with van der Waals surface area (Å²) in [6, 6.07) is 14.2. The zero-order valence-electron chi connectivity index (χ0n) is 11.7. The van der Waals surface area contributed by atoms with Crippen LogP contribution >= 0.6 is 0 Å². The van der Waals surface area contributed by atoms with Crippen LogP contribution in [0.1, 0.15) is 11.1 Å². The molecule has 0 aliphatic carbocycles. The molecule has 0 radical (unpaired) electrons. The number of carbonyl (C=O) groups excluding carboxylic acids is 2. The van der Waals surface area contributed by atoms with Crippen LogP contribution in [0.25, 0.3) is 0 Å². The average molecular weight is 283 g/mol. The Labute approximate surface area is 123 Å². The van der Waals surface area contributed by atoms with E-state index in [9.17, 15) is 9.59 Å². The van der Waals surface area contributed by atoms with Crippen LogP contribution in [0.2, 0.25) is 0 Å². The number of urea groups is 1. The van der Waals surface area contributed by atoms with Gasteiger partial charge in [-0.25, -0.2) is 4.79 Å². The predicted octanol–water partition coefficient (Wildman–Crippen LogP) is 2.67. The van der Waals surface area contributed by atoms with Gasteiger partial charge in [-0.15, -0.1) is 0 Å². The molecule has 0 spiro atoms. The highest BCUT2D eigenvalue weighted by Gasteiger charge is 2.05. The van der Waals surface area contributed by atoms with Gasteiger partial charge in [-0.05, 0) is 36.2 Å². The van der Waals surface area contributed by atoms with E-state index in [1.807, 2.05) is 31.2 Å². The number of hydrogen-bond donors (Lipinski definition) is 3. The molecule has 0 aromatic heterocycles. The molecule has 0 aliphatic heterocycles. The first-order valence-corrected chi connectivity index (χ1v) is 6.55. The SMILES string of the molecule is Cc1ccccc1NC(=O)Nc1ccc(CC(N)=O)cc1. The van der Waals surface area contributed by atoms with E-state index in [0.717, 1.165) is 16.8 Å². The zero-order chi connectivity index (χ0) is 15.2. The molecule has 108 valence electrons. The molecule has 0 unspecified atom stereocenters. The van der Waals surface area contributed by atoms with Gasteiger partial charge in [0.2, 0.25) is 5.91 Å². The number of carbonyl (C=O) groups is 2. The van der Waals surface area contributed by atoms with Crippen molar-refractivity contribution in [2.24, 2.45) is 5.73 Å². The third-order valence-electron chi connectivity index (χ3n) is 2.98. The monoisotopic (exact) mass is 283 g/mol. The summed E-state index contributed by atoms with van der Waals surface area (Å²) in [6.45, 7) is 1.92. The standard InChI is InChI=1S/C16H17N3O2/c1-11-4-2-3-5-14(11)19-16(21)18-13-8-6-12(7-9-13)10-15(17)20/h2-9H,10H2,1H3,(H2,17,20)(H2,18,19,21). The van der Waals surface area contributed by atoms with Crippen molar-refractivity contribution in [2.75, 3.05) is 10.6 Å². The van der Waals surface area contributed by atoms with Crippen LogP contribution in [0.3, 0.4) is 0 Å². The van der Waals surface area contributed by atoms with E-state index in [2.05, 4.69) is 10.6 Å². The summed E-state index contributed by atoms with van der Waals surface area (Å²) in [6.07, 6.45) is 0.190. The molecular weight excluding hydrogens is 266 g/mol. The quantitative estimate of drug-likeness (QED) is 0.806. The molecule has 2 aromatic rings. The van der Waals surface area contributed by atoms with Crippen LogP contribution in [-0.2, 0) is 11.2 Å². The van der Waals surface area contributed by atoms with Crippen molar-refractivity contribution in [3.63, 3.8) is 0 Å². The Bertz CT molecular complexity index is 651. The summed E-state index contributed by atoms with van der Waals surface area (Å²) in [5.41, 5.74) is 8.34. The first-order chi connectivity index (χ1) is 10.0. The molecule has 5 heteroatoms. The minimum absolute atomic E-state index is 0.190. The van der Waals surface area contributed by atoms with Gasteiger partial charge in [-0.2, -0.15) is 0 Å². The molecule has 0 bridgehead atoms. The van der Waals surface area contributed by atoms with E-state index in [1.54, 1.807) is 24.3 Å². The maximum absolute atomic E-state index is 11.9. The Balaban J connectivity index is 1.96. The highest BCUT2D eigenvalue weighted by Crippen LogP contribution is 2.14. The van der Waals surface area contributed by atoms with Gasteiger partial charge in [0.15, 0.2) is 0 Å². The fourth-order valence-corrected chi connectivity index (χ4v) is 1.90.